The summed E-state index contributed by atoms with van der Waals surface area (Å²) >= 11 is 5.10. The van der Waals surface area contributed by atoms with Crippen LogP contribution in [0.1, 0.15) is 16.7 Å². The maximum absolute atomic E-state index is 12.6. The topological polar surface area (TPSA) is 221 Å². The third-order valence-electron chi connectivity index (χ3n) is 12.4. The molecule has 26 heteroatoms. The molecule has 0 unspecified atom stereocenters. The van der Waals surface area contributed by atoms with Crippen LogP contribution in [-0.2, 0) is 29.2 Å². The molecule has 0 bridgehead atoms. The van der Waals surface area contributed by atoms with Crippen molar-refractivity contribution in [1.82, 2.24) is 44.5 Å². The fourth-order valence-corrected chi connectivity index (χ4v) is 9.36. The number of nitrogens with one attached hydrogen (secondary N) is 1. The first-order valence-corrected chi connectivity index (χ1v) is 30.4. The number of nitrogens with two attached hydrogens (primary N) is 3. The predicted octanol–water partition coefficient (Wildman–Crippen LogP) is 13.2. The molecule has 0 saturated carbocycles. The molecule has 464 valence electrons. The molecule has 3 heterocycles. The second kappa shape index (κ2) is 32.5. The third-order valence-corrected chi connectivity index (χ3v) is 14.6. The Labute approximate surface area is 523 Å². The monoisotopic (exact) mass is 1270 g/mol. The highest BCUT2D eigenvalue weighted by Crippen LogP contribution is 2.34. The van der Waals surface area contributed by atoms with Gasteiger partial charge in [-0.2, -0.15) is 24.1 Å². The number of anilines is 3. The molecule has 89 heavy (non-hydrogen) atoms. The third kappa shape index (κ3) is 18.8. The van der Waals surface area contributed by atoms with E-state index in [-0.39, 0.29) is 0 Å². The lowest BCUT2D eigenvalue weighted by molar-refractivity contribution is -0.121. The van der Waals surface area contributed by atoms with E-state index in [0.29, 0.717) is 36.3 Å². The number of nitrogen functional groups attached to an aromatic ring is 3. The predicted molar refractivity (Wildman–Crippen MR) is 339 cm³/mol. The molecule has 0 aliphatic carbocycles. The summed E-state index contributed by atoms with van der Waals surface area (Å²) in [6.45, 7) is 1.44. The van der Waals surface area contributed by atoms with Crippen LogP contribution in [0.2, 0.25) is 0 Å². The van der Waals surface area contributed by atoms with E-state index < -0.39 is 41.3 Å². The first kappa shape index (κ1) is 67.0. The number of rotatable bonds is 21. The number of aromatic nitrogens is 6. The van der Waals surface area contributed by atoms with E-state index in [1.807, 2.05) is 131 Å². The molecule has 0 radical (unpaired) electrons. The van der Waals surface area contributed by atoms with E-state index in [1.54, 1.807) is 85.7 Å². The molecule has 7 aromatic carbocycles. The number of halogens is 5. The molecule has 0 spiro atoms. The lowest BCUT2D eigenvalue weighted by Crippen LogP contribution is -2.15. The Bertz CT molecular complexity index is 3920. The summed E-state index contributed by atoms with van der Waals surface area (Å²) in [5, 5.41) is 15.9. The van der Waals surface area contributed by atoms with Crippen LogP contribution in [-0.4, -0.2) is 99.0 Å². The van der Waals surface area contributed by atoms with Gasteiger partial charge in [0, 0.05) is 94.8 Å². The summed E-state index contributed by atoms with van der Waals surface area (Å²) in [6, 6.07) is 47.1. The number of nitrogens with zero attached hydrogens (tertiary/aromatic N) is 8. The smallest absolute Gasteiger partial charge is 0.298 e. The number of amides is 1. The first-order valence-electron chi connectivity index (χ1n) is 26.7. The Morgan fingerprint density at radius 3 is 1.12 bits per heavy atom. The standard InChI is InChI=1S/C19H20N4O2S.C19H22N4OS.C18H20N4OS.C7HF5O2/c1-22(13-24)12-14-11-15(23-10-9-19(20)21-23)3-8-18(14)25-16-4-6-17(26-2)7-5-16;1-22(2)13-14-12-15(23-11-10-19(20)21-23)4-9-18(14)24-16-5-7-17(25-3)8-6-16;1-20-12-13-11-14(22-10-9-18(19)21-22)3-8-17(13)23-15-4-6-16(24-2)7-5-15;8-2-3(9)5(11)7(14-1-13)6(12)4(2)10/h3-11,13H,12H2,1-2H3,(H2,20,21);4-12H,13H2,1-3H3,(H2,20,21);3-11,20H,12H2,1-2H3,(H2,19,21);1H. The number of carbonyl (C=O) groups is 2. The number of hydrogen-bond acceptors (Lipinski definition) is 17. The van der Waals surface area contributed by atoms with E-state index in [0.717, 1.165) is 75.5 Å². The number of ether oxygens (including phenoxy) is 4. The zero-order valence-electron chi connectivity index (χ0n) is 49.2. The van der Waals surface area contributed by atoms with Crippen LogP contribution in [0, 0.1) is 29.1 Å². The van der Waals surface area contributed by atoms with Crippen LogP contribution in [0.5, 0.6) is 40.2 Å². The molecule has 10 aromatic rings. The highest BCUT2D eigenvalue weighted by atomic mass is 32.2. The van der Waals surface area contributed by atoms with Gasteiger partial charge in [-0.15, -0.1) is 35.3 Å². The summed E-state index contributed by atoms with van der Waals surface area (Å²) in [6.07, 6.45) is 12.4. The van der Waals surface area contributed by atoms with Crippen molar-refractivity contribution < 1.29 is 50.5 Å². The van der Waals surface area contributed by atoms with Crippen molar-refractivity contribution in [2.24, 2.45) is 0 Å². The number of benzene rings is 7. The highest BCUT2D eigenvalue weighted by Gasteiger charge is 2.27. The van der Waals surface area contributed by atoms with E-state index >= 15 is 0 Å². The maximum Gasteiger partial charge on any atom is 0.298 e. The largest absolute Gasteiger partial charge is 0.457 e. The van der Waals surface area contributed by atoms with E-state index in [4.69, 9.17) is 31.4 Å². The Kier molecular flexibility index (Phi) is 24.5. The van der Waals surface area contributed by atoms with Crippen molar-refractivity contribution in [2.45, 2.75) is 34.3 Å². The van der Waals surface area contributed by atoms with Gasteiger partial charge in [0.25, 0.3) is 6.47 Å². The van der Waals surface area contributed by atoms with Crippen molar-refractivity contribution in [3.8, 4) is 57.3 Å². The average molecular weight is 1280 g/mol. The lowest BCUT2D eigenvalue weighted by atomic mass is 10.1. The fraction of sp³-hybridized carbons (Fsp3) is 0.159. The molecule has 0 saturated heterocycles. The summed E-state index contributed by atoms with van der Waals surface area (Å²) in [4.78, 5) is 28.0. The molecule has 1 amide bonds. The summed E-state index contributed by atoms with van der Waals surface area (Å²) in [5.41, 5.74) is 22.9. The zero-order valence-corrected chi connectivity index (χ0v) is 51.7. The second-order valence-electron chi connectivity index (χ2n) is 19.2. The van der Waals surface area contributed by atoms with Crippen LogP contribution >= 0.6 is 35.3 Å². The van der Waals surface area contributed by atoms with Gasteiger partial charge in [0.15, 0.2) is 0 Å². The highest BCUT2D eigenvalue weighted by molar-refractivity contribution is 7.99. The Balaban J connectivity index is 0.000000173. The number of hydrogen-bond donors (Lipinski definition) is 4. The second-order valence-corrected chi connectivity index (χ2v) is 21.8. The van der Waals surface area contributed by atoms with Gasteiger partial charge in [-0.1, -0.05) is 0 Å². The molecule has 7 N–H and O–H groups in total. The maximum atomic E-state index is 12.6. The molecule has 10 rings (SSSR count). The number of thioether (sulfide) groups is 3. The Morgan fingerprint density at radius 2 is 0.820 bits per heavy atom. The fourth-order valence-electron chi connectivity index (χ4n) is 8.14. The zero-order chi connectivity index (χ0) is 64.1. The molecule has 18 nitrogen and oxygen atoms in total. The SMILES string of the molecule is CNCc1cc(-n2ccc(N)n2)ccc1Oc1ccc(SC)cc1.CSc1ccc(Oc2ccc(-n3ccc(N)n3)cc2CN(C)C)cc1.CSc1ccc(Oc2ccc(-n3ccc(N)n3)cc2CN(C)C=O)cc1.O=COc1c(F)c(F)c(F)c(F)c1F. The van der Waals surface area contributed by atoms with Crippen molar-refractivity contribution in [2.75, 3.05) is 64.2 Å². The van der Waals surface area contributed by atoms with Crippen molar-refractivity contribution in [3.05, 3.63) is 210 Å². The van der Waals surface area contributed by atoms with Gasteiger partial charge in [-0.05, 0) is 167 Å². The quantitative estimate of drug-likeness (QED) is 0.0173. The Hall–Kier alpha value is -9.47. The normalized spacial score (nSPS) is 10.7. The Morgan fingerprint density at radius 1 is 0.483 bits per heavy atom. The van der Waals surface area contributed by atoms with Gasteiger partial charge >= 0.3 is 0 Å². The molecule has 0 atom stereocenters. The molecular formula is C63H63F5N12O6S3. The summed E-state index contributed by atoms with van der Waals surface area (Å²) in [7, 11) is 7.71. The van der Waals surface area contributed by atoms with Crippen LogP contribution in [0.3, 0.4) is 0 Å². The van der Waals surface area contributed by atoms with Crippen LogP contribution in [0.25, 0.3) is 17.1 Å². The van der Waals surface area contributed by atoms with Crippen molar-refractivity contribution in [1.29, 1.82) is 0 Å². The summed E-state index contributed by atoms with van der Waals surface area (Å²) in [5.74, 6) is -6.42. The average Bonchev–Trinajstić information content (AvgIpc) is 3.27. The molecule has 0 fully saturated rings. The van der Waals surface area contributed by atoms with Gasteiger partial charge in [-0.3, -0.25) is 9.59 Å². The molecule has 0 aliphatic rings. The summed E-state index contributed by atoms with van der Waals surface area (Å²) < 4.78 is 89.3. The van der Waals surface area contributed by atoms with E-state index in [9.17, 15) is 31.5 Å². The van der Waals surface area contributed by atoms with Crippen LogP contribution < -0.4 is 41.5 Å². The van der Waals surface area contributed by atoms with Gasteiger partial charge in [0.05, 0.1) is 17.1 Å². The van der Waals surface area contributed by atoms with Gasteiger partial charge in [-0.25, -0.2) is 27.2 Å². The van der Waals surface area contributed by atoms with Crippen molar-refractivity contribution >= 4 is 65.6 Å². The lowest BCUT2D eigenvalue weighted by Gasteiger charge is -2.17. The van der Waals surface area contributed by atoms with E-state index in [2.05, 4.69) is 79.2 Å². The van der Waals surface area contributed by atoms with Crippen molar-refractivity contribution in [3.63, 3.8) is 0 Å². The minimum atomic E-state index is -2.31. The van der Waals surface area contributed by atoms with Gasteiger partial charge in [0.2, 0.25) is 41.2 Å². The van der Waals surface area contributed by atoms with Gasteiger partial charge in [0.1, 0.15) is 52.0 Å². The van der Waals surface area contributed by atoms with Gasteiger partial charge < -0.3 is 51.3 Å². The number of carbonyl (C=O) groups excluding carboxylic acids is 2. The first-order chi connectivity index (χ1) is 42.8. The van der Waals surface area contributed by atoms with Crippen LogP contribution in [0.15, 0.2) is 179 Å². The minimum Gasteiger partial charge on any atom is -0.457 e. The van der Waals surface area contributed by atoms with Crippen LogP contribution in [0.4, 0.5) is 39.4 Å². The van der Waals surface area contributed by atoms with E-state index in [1.165, 1.54) is 14.7 Å². The minimum absolute atomic E-state index is 0.423. The molecular weight excluding hydrogens is 1210 g/mol. The molecule has 3 aromatic heterocycles. The molecule has 0 aliphatic heterocycles.